The molecular formula is C32H28N4O6. The molecule has 3 N–H and O–H groups in total. The third-order valence-electron chi connectivity index (χ3n) is 7.44. The van der Waals surface area contributed by atoms with E-state index in [1.165, 1.54) is 4.57 Å². The van der Waals surface area contributed by atoms with Gasteiger partial charge in [-0.25, -0.2) is 4.79 Å². The zero-order chi connectivity index (χ0) is 29.3. The molecule has 10 nitrogen and oxygen atoms in total. The molecule has 0 fully saturated rings. The second-order valence-electron chi connectivity index (χ2n) is 10.2. The van der Waals surface area contributed by atoms with E-state index in [-0.39, 0.29) is 18.2 Å². The first-order valence-corrected chi connectivity index (χ1v) is 13.4. The Balaban J connectivity index is 1.40. The Morgan fingerprint density at radius 3 is 2.29 bits per heavy atom. The van der Waals surface area contributed by atoms with Gasteiger partial charge >= 0.3 is 6.09 Å². The molecule has 0 radical (unpaired) electrons. The van der Waals surface area contributed by atoms with E-state index in [1.54, 1.807) is 85.3 Å². The van der Waals surface area contributed by atoms with Crippen LogP contribution in [-0.2, 0) is 16.8 Å². The van der Waals surface area contributed by atoms with Gasteiger partial charge in [0.1, 0.15) is 5.92 Å². The number of hydrogen-bond acceptors (Lipinski definition) is 7. The minimum absolute atomic E-state index is 0.0569. The smallest absolute Gasteiger partial charge is 0.416 e. The Hall–Kier alpha value is -5.22. The number of benzene rings is 2. The lowest BCUT2D eigenvalue weighted by Gasteiger charge is -2.35. The van der Waals surface area contributed by atoms with Crippen LogP contribution in [0.1, 0.15) is 35.4 Å². The highest BCUT2D eigenvalue weighted by atomic mass is 16.7. The van der Waals surface area contributed by atoms with E-state index in [4.69, 9.17) is 9.47 Å². The van der Waals surface area contributed by atoms with Crippen molar-refractivity contribution in [3.63, 3.8) is 0 Å². The fraction of sp³-hybridized carbons (Fsp3) is 0.188. The number of hydrogen-bond donors (Lipinski definition) is 3. The van der Waals surface area contributed by atoms with Crippen LogP contribution in [0.2, 0.25) is 0 Å². The monoisotopic (exact) mass is 564 g/mol. The van der Waals surface area contributed by atoms with Crippen LogP contribution in [0.25, 0.3) is 10.9 Å². The van der Waals surface area contributed by atoms with Crippen molar-refractivity contribution in [2.75, 3.05) is 6.79 Å². The summed E-state index contributed by atoms with van der Waals surface area (Å²) in [6, 6.07) is 22.2. The lowest BCUT2D eigenvalue weighted by Crippen LogP contribution is -2.47. The van der Waals surface area contributed by atoms with Gasteiger partial charge in [-0.05, 0) is 66.9 Å². The molecule has 6 rings (SSSR count). The summed E-state index contributed by atoms with van der Waals surface area (Å²) in [4.78, 5) is 35.0. The number of carbonyl (C=O) groups is 2. The molecule has 212 valence electrons. The second-order valence-corrected chi connectivity index (χ2v) is 10.2. The van der Waals surface area contributed by atoms with Gasteiger partial charge in [0.05, 0.1) is 16.9 Å². The number of nitrogens with one attached hydrogen (secondary N) is 1. The molecular weight excluding hydrogens is 536 g/mol. The van der Waals surface area contributed by atoms with Crippen LogP contribution in [0.4, 0.5) is 4.79 Å². The molecule has 0 aliphatic carbocycles. The lowest BCUT2D eigenvalue weighted by atomic mass is 9.76. The van der Waals surface area contributed by atoms with Crippen molar-refractivity contribution in [3.8, 4) is 11.5 Å². The number of fused-ring (bicyclic) bond motifs is 2. The maximum atomic E-state index is 14.3. The van der Waals surface area contributed by atoms with Crippen molar-refractivity contribution in [1.29, 1.82) is 0 Å². The molecule has 1 amide bonds. The van der Waals surface area contributed by atoms with Crippen molar-refractivity contribution in [3.05, 3.63) is 120 Å². The average Bonchev–Trinajstić information content (AvgIpc) is 3.63. The predicted molar refractivity (Wildman–Crippen MR) is 153 cm³/mol. The van der Waals surface area contributed by atoms with E-state index in [9.17, 15) is 19.8 Å². The maximum Gasteiger partial charge on any atom is 0.416 e. The quantitative estimate of drug-likeness (QED) is 0.252. The second kappa shape index (κ2) is 11.0. The first-order valence-electron chi connectivity index (χ1n) is 13.4. The summed E-state index contributed by atoms with van der Waals surface area (Å²) in [5, 5.41) is 26.1. The van der Waals surface area contributed by atoms with Gasteiger partial charge in [0.25, 0.3) is 0 Å². The molecule has 0 bridgehead atoms. The van der Waals surface area contributed by atoms with Crippen LogP contribution in [0, 0.1) is 0 Å². The van der Waals surface area contributed by atoms with Crippen molar-refractivity contribution < 1.29 is 29.3 Å². The number of aromatic nitrogens is 3. The molecule has 1 unspecified atom stereocenters. The number of rotatable bonds is 8. The summed E-state index contributed by atoms with van der Waals surface area (Å²) in [5.74, 6) is -0.661. The van der Waals surface area contributed by atoms with Gasteiger partial charge in [-0.3, -0.25) is 19.3 Å². The van der Waals surface area contributed by atoms with Crippen molar-refractivity contribution in [2.45, 2.75) is 30.9 Å². The highest BCUT2D eigenvalue weighted by Crippen LogP contribution is 2.44. The third kappa shape index (κ3) is 4.82. The highest BCUT2D eigenvalue weighted by Gasteiger charge is 2.48. The van der Waals surface area contributed by atoms with E-state index in [0.29, 0.717) is 29.0 Å². The minimum Gasteiger partial charge on any atom is -0.464 e. The predicted octanol–water partition coefficient (Wildman–Crippen LogP) is 4.45. The molecule has 2 aromatic carbocycles. The van der Waals surface area contributed by atoms with Crippen LogP contribution in [-0.4, -0.2) is 49.6 Å². The normalized spacial score (nSPS) is 14.0. The van der Waals surface area contributed by atoms with E-state index in [1.807, 2.05) is 19.1 Å². The van der Waals surface area contributed by atoms with E-state index in [2.05, 4.69) is 15.3 Å². The summed E-state index contributed by atoms with van der Waals surface area (Å²) in [7, 11) is 0. The Bertz CT molecular complexity index is 1720. The van der Waals surface area contributed by atoms with Gasteiger partial charge in [0, 0.05) is 30.0 Å². The molecule has 4 heterocycles. The Kier molecular flexibility index (Phi) is 7.05. The van der Waals surface area contributed by atoms with Crippen LogP contribution >= 0.6 is 0 Å². The first kappa shape index (κ1) is 27.0. The minimum atomic E-state index is -1.96. The number of para-hydroxylation sites is 1. The SMILES string of the molecule is C[C@H](Cc1cn(C(=O)O)c2ccccc12)NC(=O)C(c1ccc2c(c1)OCO2)C(O)(c1ccccn1)c1ccccn1. The maximum absolute atomic E-state index is 14.3. The third-order valence-corrected chi connectivity index (χ3v) is 7.44. The fourth-order valence-electron chi connectivity index (χ4n) is 5.56. The standard InChI is InChI=1S/C32H28N4O6/c1-20(16-22-18-36(31(38)39)24-9-3-2-8-23(22)24)35-30(37)29(21-12-13-25-26(17-21)42-19-41-25)32(40,27-10-4-6-14-33-27)28-11-5-7-15-34-28/h2-15,17-18,20,29,40H,16,19H2,1H3,(H,35,37)(H,38,39)/t20-,29?/m1/s1. The Morgan fingerprint density at radius 2 is 1.62 bits per heavy atom. The zero-order valence-electron chi connectivity index (χ0n) is 22.7. The van der Waals surface area contributed by atoms with E-state index in [0.717, 1.165) is 10.9 Å². The number of carboxylic acid groups (broad SMARTS) is 1. The fourth-order valence-corrected chi connectivity index (χ4v) is 5.56. The molecule has 0 saturated carbocycles. The van der Waals surface area contributed by atoms with E-state index < -0.39 is 29.6 Å². The summed E-state index contributed by atoms with van der Waals surface area (Å²) >= 11 is 0. The molecule has 42 heavy (non-hydrogen) atoms. The number of amides is 1. The number of carbonyl (C=O) groups excluding carboxylic acids is 1. The molecule has 1 aliphatic heterocycles. The average molecular weight is 565 g/mol. The van der Waals surface area contributed by atoms with Gasteiger partial charge in [-0.15, -0.1) is 0 Å². The van der Waals surface area contributed by atoms with Crippen LogP contribution in [0.3, 0.4) is 0 Å². The van der Waals surface area contributed by atoms with Crippen LogP contribution in [0.15, 0.2) is 97.5 Å². The number of nitrogens with zero attached hydrogens (tertiary/aromatic N) is 3. The molecule has 2 atom stereocenters. The first-order chi connectivity index (χ1) is 20.4. The van der Waals surface area contributed by atoms with E-state index >= 15 is 0 Å². The summed E-state index contributed by atoms with van der Waals surface area (Å²) in [5.41, 5.74) is 0.350. The van der Waals surface area contributed by atoms with Gasteiger partial charge in [-0.1, -0.05) is 36.4 Å². The molecule has 1 aliphatic rings. The Morgan fingerprint density at radius 1 is 0.952 bits per heavy atom. The molecule has 5 aromatic rings. The molecule has 0 saturated heterocycles. The van der Waals surface area contributed by atoms with Crippen molar-refractivity contribution in [1.82, 2.24) is 19.9 Å². The molecule has 0 spiro atoms. The van der Waals surface area contributed by atoms with Crippen LogP contribution in [0.5, 0.6) is 11.5 Å². The highest BCUT2D eigenvalue weighted by molar-refractivity contribution is 5.91. The summed E-state index contributed by atoms with van der Waals surface area (Å²) in [6.45, 7) is 1.89. The lowest BCUT2D eigenvalue weighted by molar-refractivity contribution is -0.128. The van der Waals surface area contributed by atoms with Gasteiger partial charge in [-0.2, -0.15) is 0 Å². The molecule has 10 heteroatoms. The van der Waals surface area contributed by atoms with Crippen molar-refractivity contribution >= 4 is 22.9 Å². The summed E-state index contributed by atoms with van der Waals surface area (Å²) < 4.78 is 12.3. The molecule has 3 aromatic heterocycles. The van der Waals surface area contributed by atoms with Gasteiger partial charge < -0.3 is 25.0 Å². The Labute approximate surface area is 241 Å². The van der Waals surface area contributed by atoms with Crippen LogP contribution < -0.4 is 14.8 Å². The topological polar surface area (TPSA) is 136 Å². The van der Waals surface area contributed by atoms with Gasteiger partial charge in [0.15, 0.2) is 17.1 Å². The summed E-state index contributed by atoms with van der Waals surface area (Å²) in [6.07, 6.45) is 3.94. The number of ether oxygens (including phenoxy) is 2. The number of aliphatic hydroxyl groups is 1. The largest absolute Gasteiger partial charge is 0.464 e. The van der Waals surface area contributed by atoms with Crippen molar-refractivity contribution in [2.24, 2.45) is 0 Å². The zero-order valence-corrected chi connectivity index (χ0v) is 22.7. The van der Waals surface area contributed by atoms with Gasteiger partial charge in [0.2, 0.25) is 12.7 Å². The number of pyridine rings is 2.